The summed E-state index contributed by atoms with van der Waals surface area (Å²) in [7, 11) is 1.04. The molecule has 2 aromatic heterocycles. The number of aromatic nitrogens is 2. The SMILES string of the molecule is Cn1c(C(F)(F)F)nc2c3oc(-c4ccc(C#N)cc4)cc(=O)c3cc(F)c21. The number of benzene rings is 2. The molecule has 0 bridgehead atoms. The van der Waals surface area contributed by atoms with E-state index in [1.807, 2.05) is 6.07 Å². The van der Waals surface area contributed by atoms with Crippen LogP contribution in [0.4, 0.5) is 17.6 Å². The van der Waals surface area contributed by atoms with Crippen molar-refractivity contribution in [2.75, 3.05) is 0 Å². The van der Waals surface area contributed by atoms with Crippen LogP contribution < -0.4 is 5.43 Å². The molecule has 0 aliphatic heterocycles. The van der Waals surface area contributed by atoms with Gasteiger partial charge in [0.1, 0.15) is 22.6 Å². The molecule has 0 fully saturated rings. The van der Waals surface area contributed by atoms with Gasteiger partial charge in [-0.3, -0.25) is 4.79 Å². The minimum Gasteiger partial charge on any atom is -0.453 e. The Hall–Kier alpha value is -3.67. The van der Waals surface area contributed by atoms with Crippen LogP contribution in [0.2, 0.25) is 0 Å². The summed E-state index contributed by atoms with van der Waals surface area (Å²) in [6, 6.07) is 9.97. The fourth-order valence-electron chi connectivity index (χ4n) is 3.05. The van der Waals surface area contributed by atoms with Crippen LogP contribution in [0, 0.1) is 17.1 Å². The minimum atomic E-state index is -4.81. The molecule has 9 heteroatoms. The Morgan fingerprint density at radius 3 is 2.46 bits per heavy atom. The maximum atomic E-state index is 14.4. The van der Waals surface area contributed by atoms with E-state index in [4.69, 9.17) is 9.68 Å². The molecule has 0 unspecified atom stereocenters. The first-order valence-electron chi connectivity index (χ1n) is 7.91. The Morgan fingerprint density at radius 1 is 1.18 bits per heavy atom. The van der Waals surface area contributed by atoms with Gasteiger partial charge in [0.2, 0.25) is 5.82 Å². The zero-order valence-electron chi connectivity index (χ0n) is 14.1. The lowest BCUT2D eigenvalue weighted by Gasteiger charge is -2.06. The summed E-state index contributed by atoms with van der Waals surface area (Å²) in [6.45, 7) is 0. The van der Waals surface area contributed by atoms with Crippen molar-refractivity contribution in [1.82, 2.24) is 9.55 Å². The highest BCUT2D eigenvalue weighted by Crippen LogP contribution is 2.35. The number of rotatable bonds is 1. The standard InChI is InChI=1S/C19H9F4N3O2/c1-26-16-12(20)6-11-13(27)7-14(10-4-2-9(8-24)3-5-10)28-17(11)15(16)25-18(26)19(21,22)23/h2-7H,1H3. The van der Waals surface area contributed by atoms with Gasteiger partial charge in [-0.2, -0.15) is 18.4 Å². The number of alkyl halides is 3. The van der Waals surface area contributed by atoms with Crippen molar-refractivity contribution < 1.29 is 22.0 Å². The molecule has 4 aromatic rings. The number of nitriles is 1. The van der Waals surface area contributed by atoms with E-state index in [1.54, 1.807) is 0 Å². The molecule has 0 radical (unpaired) electrons. The summed E-state index contributed by atoms with van der Waals surface area (Å²) in [4.78, 5) is 15.9. The summed E-state index contributed by atoms with van der Waals surface area (Å²) in [5, 5.41) is 8.65. The van der Waals surface area contributed by atoms with Gasteiger partial charge in [0.25, 0.3) is 0 Å². The summed E-state index contributed by atoms with van der Waals surface area (Å²) < 4.78 is 60.2. The van der Waals surface area contributed by atoms with Crippen molar-refractivity contribution in [2.45, 2.75) is 6.18 Å². The van der Waals surface area contributed by atoms with E-state index < -0.39 is 34.3 Å². The summed E-state index contributed by atoms with van der Waals surface area (Å²) in [5.74, 6) is -2.25. The van der Waals surface area contributed by atoms with Crippen LogP contribution in [0.25, 0.3) is 33.3 Å². The molecule has 0 saturated carbocycles. The zero-order chi connectivity index (χ0) is 20.2. The molecule has 0 saturated heterocycles. The van der Waals surface area contributed by atoms with Gasteiger partial charge in [0.15, 0.2) is 11.0 Å². The monoisotopic (exact) mass is 387 g/mol. The lowest BCUT2D eigenvalue weighted by molar-refractivity contribution is -0.146. The van der Waals surface area contributed by atoms with Crippen molar-refractivity contribution in [2.24, 2.45) is 7.05 Å². The number of aryl methyl sites for hydroxylation is 1. The van der Waals surface area contributed by atoms with Gasteiger partial charge in [0, 0.05) is 18.7 Å². The molecule has 4 rings (SSSR count). The van der Waals surface area contributed by atoms with Crippen molar-refractivity contribution in [3.63, 3.8) is 0 Å². The van der Waals surface area contributed by atoms with Crippen LogP contribution in [0.1, 0.15) is 11.4 Å². The predicted octanol–water partition coefficient (Wildman–Crippen LogP) is 4.38. The topological polar surface area (TPSA) is 71.8 Å². The predicted molar refractivity (Wildman–Crippen MR) is 91.9 cm³/mol. The maximum Gasteiger partial charge on any atom is 0.449 e. The number of imidazole rings is 1. The molecule has 0 aliphatic carbocycles. The van der Waals surface area contributed by atoms with Gasteiger partial charge in [-0.25, -0.2) is 9.37 Å². The molecule has 5 nitrogen and oxygen atoms in total. The number of hydrogen-bond donors (Lipinski definition) is 0. The number of halogens is 4. The summed E-state index contributed by atoms with van der Waals surface area (Å²) in [6.07, 6.45) is -4.81. The molecule has 2 aromatic carbocycles. The highest BCUT2D eigenvalue weighted by molar-refractivity contribution is 6.01. The zero-order valence-corrected chi connectivity index (χ0v) is 14.1. The average molecular weight is 387 g/mol. The third-order valence-electron chi connectivity index (χ3n) is 4.34. The van der Waals surface area contributed by atoms with E-state index in [1.165, 1.54) is 24.3 Å². The van der Waals surface area contributed by atoms with Crippen LogP contribution in [-0.2, 0) is 13.2 Å². The van der Waals surface area contributed by atoms with Crippen LogP contribution in [0.5, 0.6) is 0 Å². The Balaban J connectivity index is 2.07. The van der Waals surface area contributed by atoms with Crippen molar-refractivity contribution in [1.29, 1.82) is 5.26 Å². The lowest BCUT2D eigenvalue weighted by atomic mass is 10.1. The van der Waals surface area contributed by atoms with Crippen LogP contribution in [0.3, 0.4) is 0 Å². The van der Waals surface area contributed by atoms with Crippen LogP contribution in [0.15, 0.2) is 45.6 Å². The van der Waals surface area contributed by atoms with Crippen LogP contribution >= 0.6 is 0 Å². The first-order chi connectivity index (χ1) is 13.2. The largest absolute Gasteiger partial charge is 0.453 e. The van der Waals surface area contributed by atoms with Gasteiger partial charge in [-0.15, -0.1) is 0 Å². The number of fused-ring (bicyclic) bond motifs is 3. The highest BCUT2D eigenvalue weighted by Gasteiger charge is 2.38. The molecule has 140 valence electrons. The van der Waals surface area contributed by atoms with E-state index in [0.717, 1.165) is 19.2 Å². The molecular formula is C19H9F4N3O2. The Labute approximate surface area is 154 Å². The Kier molecular flexibility index (Phi) is 3.75. The molecular weight excluding hydrogens is 378 g/mol. The number of hydrogen-bond acceptors (Lipinski definition) is 4. The molecule has 0 N–H and O–H groups in total. The lowest BCUT2D eigenvalue weighted by Crippen LogP contribution is -2.12. The molecule has 0 spiro atoms. The molecule has 0 atom stereocenters. The second-order valence-corrected chi connectivity index (χ2v) is 6.09. The van der Waals surface area contributed by atoms with E-state index in [9.17, 15) is 22.4 Å². The second-order valence-electron chi connectivity index (χ2n) is 6.09. The molecule has 2 heterocycles. The number of nitrogens with zero attached hydrogens (tertiary/aromatic N) is 3. The Morgan fingerprint density at radius 2 is 1.86 bits per heavy atom. The fourth-order valence-corrected chi connectivity index (χ4v) is 3.05. The summed E-state index contributed by atoms with van der Waals surface area (Å²) >= 11 is 0. The van der Waals surface area contributed by atoms with E-state index in [0.29, 0.717) is 15.7 Å². The third-order valence-corrected chi connectivity index (χ3v) is 4.34. The molecule has 0 amide bonds. The third kappa shape index (κ3) is 2.62. The van der Waals surface area contributed by atoms with Crippen molar-refractivity contribution in [3.05, 3.63) is 63.8 Å². The first kappa shape index (κ1) is 17.7. The summed E-state index contributed by atoms with van der Waals surface area (Å²) in [5.41, 5.74) is -0.856. The van der Waals surface area contributed by atoms with E-state index in [-0.39, 0.29) is 16.7 Å². The van der Waals surface area contributed by atoms with Gasteiger partial charge in [-0.05, 0) is 30.3 Å². The second kappa shape index (κ2) is 5.92. The van der Waals surface area contributed by atoms with Crippen molar-refractivity contribution >= 4 is 22.0 Å². The van der Waals surface area contributed by atoms with Gasteiger partial charge >= 0.3 is 6.18 Å². The van der Waals surface area contributed by atoms with E-state index >= 15 is 0 Å². The van der Waals surface area contributed by atoms with Crippen LogP contribution in [-0.4, -0.2) is 9.55 Å². The minimum absolute atomic E-state index is 0.0640. The van der Waals surface area contributed by atoms with E-state index in [2.05, 4.69) is 4.98 Å². The quantitative estimate of drug-likeness (QED) is 0.455. The molecule has 28 heavy (non-hydrogen) atoms. The van der Waals surface area contributed by atoms with Gasteiger partial charge < -0.3 is 8.98 Å². The normalized spacial score (nSPS) is 11.9. The van der Waals surface area contributed by atoms with Gasteiger partial charge in [-0.1, -0.05) is 0 Å². The first-order valence-corrected chi connectivity index (χ1v) is 7.91. The molecule has 0 aliphatic rings. The van der Waals surface area contributed by atoms with Gasteiger partial charge in [0.05, 0.1) is 17.0 Å². The maximum absolute atomic E-state index is 14.4. The smallest absolute Gasteiger partial charge is 0.449 e. The highest BCUT2D eigenvalue weighted by atomic mass is 19.4. The fraction of sp³-hybridized carbons (Fsp3) is 0.105. The Bertz CT molecular complexity index is 1340. The average Bonchev–Trinajstić information content (AvgIpc) is 3.01. The van der Waals surface area contributed by atoms with Crippen molar-refractivity contribution in [3.8, 4) is 17.4 Å².